The van der Waals surface area contributed by atoms with Crippen LogP contribution in [-0.4, -0.2) is 10.8 Å². The van der Waals surface area contributed by atoms with E-state index < -0.39 is 0 Å². The predicted molar refractivity (Wildman–Crippen MR) is 94.9 cm³/mol. The highest BCUT2D eigenvalue weighted by molar-refractivity contribution is 7.09. The first kappa shape index (κ1) is 16.3. The molecule has 23 heavy (non-hydrogen) atoms. The first-order valence-corrected chi connectivity index (χ1v) is 9.10. The standard InChI is InChI=1S/C17H20ClN3OS/c18-15-8-4-3-7-13(15)9-16(19)21-22-10-14-11-23-17(20-14)12-5-1-2-6-12/h3-4,7-8,11-12H,1-2,5-6,9-10H2,(H2,19,21). The first-order valence-electron chi connectivity index (χ1n) is 7.84. The SMILES string of the molecule is N/C(Cc1ccccc1Cl)=N\OCc1csc(C2CCCC2)n1. The molecule has 0 unspecified atom stereocenters. The van der Waals surface area contributed by atoms with Crippen LogP contribution in [0.15, 0.2) is 34.8 Å². The van der Waals surface area contributed by atoms with E-state index in [-0.39, 0.29) is 0 Å². The molecule has 1 aliphatic rings. The Morgan fingerprint density at radius 2 is 2.13 bits per heavy atom. The molecule has 0 aliphatic heterocycles. The van der Waals surface area contributed by atoms with Crippen molar-refractivity contribution in [2.75, 3.05) is 0 Å². The molecule has 2 aromatic rings. The number of hydrogen-bond donors (Lipinski definition) is 1. The maximum Gasteiger partial charge on any atom is 0.160 e. The van der Waals surface area contributed by atoms with Gasteiger partial charge in [0.15, 0.2) is 6.61 Å². The zero-order chi connectivity index (χ0) is 16.1. The van der Waals surface area contributed by atoms with Gasteiger partial charge in [-0.3, -0.25) is 0 Å². The van der Waals surface area contributed by atoms with Gasteiger partial charge in [0.1, 0.15) is 5.84 Å². The summed E-state index contributed by atoms with van der Waals surface area (Å²) in [6.07, 6.45) is 5.63. The van der Waals surface area contributed by atoms with E-state index in [1.54, 1.807) is 11.3 Å². The van der Waals surface area contributed by atoms with Crippen molar-refractivity contribution in [1.82, 2.24) is 4.98 Å². The Kier molecular flexibility index (Phi) is 5.51. The normalized spacial score (nSPS) is 16.0. The van der Waals surface area contributed by atoms with Gasteiger partial charge in [0.05, 0.1) is 10.7 Å². The zero-order valence-corrected chi connectivity index (χ0v) is 14.4. The molecule has 1 fully saturated rings. The van der Waals surface area contributed by atoms with Gasteiger partial charge in [-0.05, 0) is 24.5 Å². The molecule has 0 atom stereocenters. The summed E-state index contributed by atoms with van der Waals surface area (Å²) in [7, 11) is 0. The third-order valence-electron chi connectivity index (χ3n) is 4.00. The van der Waals surface area contributed by atoms with Crippen LogP contribution >= 0.6 is 22.9 Å². The van der Waals surface area contributed by atoms with Crippen LogP contribution in [0.3, 0.4) is 0 Å². The van der Waals surface area contributed by atoms with Gasteiger partial charge >= 0.3 is 0 Å². The molecule has 0 radical (unpaired) electrons. The molecular formula is C17H20ClN3OS. The van der Waals surface area contributed by atoms with Crippen molar-refractivity contribution >= 4 is 28.8 Å². The summed E-state index contributed by atoms with van der Waals surface area (Å²) in [6, 6.07) is 7.58. The Morgan fingerprint density at radius 3 is 2.91 bits per heavy atom. The number of nitrogens with two attached hydrogens (primary N) is 1. The Hall–Kier alpha value is -1.59. The number of amidine groups is 1. The molecule has 1 saturated carbocycles. The largest absolute Gasteiger partial charge is 0.388 e. The Labute approximate surface area is 145 Å². The maximum atomic E-state index is 6.10. The van der Waals surface area contributed by atoms with E-state index in [1.807, 2.05) is 29.6 Å². The van der Waals surface area contributed by atoms with Gasteiger partial charge in [0.2, 0.25) is 0 Å². The average Bonchev–Trinajstić information content (AvgIpc) is 3.20. The third kappa shape index (κ3) is 4.45. The molecule has 0 spiro atoms. The minimum absolute atomic E-state index is 0.354. The maximum absolute atomic E-state index is 6.10. The van der Waals surface area contributed by atoms with E-state index in [9.17, 15) is 0 Å². The summed E-state index contributed by atoms with van der Waals surface area (Å²) in [5, 5.41) is 7.93. The Bertz CT molecular complexity index is 680. The average molecular weight is 350 g/mol. The molecule has 1 aromatic heterocycles. The fraction of sp³-hybridized carbons (Fsp3) is 0.412. The van der Waals surface area contributed by atoms with Gasteiger partial charge < -0.3 is 10.6 Å². The van der Waals surface area contributed by atoms with Crippen LogP contribution in [0.4, 0.5) is 0 Å². The van der Waals surface area contributed by atoms with Crippen LogP contribution in [0.5, 0.6) is 0 Å². The van der Waals surface area contributed by atoms with Crippen molar-refractivity contribution in [2.45, 2.75) is 44.6 Å². The van der Waals surface area contributed by atoms with E-state index in [2.05, 4.69) is 10.1 Å². The van der Waals surface area contributed by atoms with E-state index in [0.29, 0.717) is 29.8 Å². The zero-order valence-electron chi connectivity index (χ0n) is 12.9. The molecular weight excluding hydrogens is 330 g/mol. The molecule has 4 nitrogen and oxygen atoms in total. The number of rotatable bonds is 6. The van der Waals surface area contributed by atoms with E-state index in [0.717, 1.165) is 11.3 Å². The van der Waals surface area contributed by atoms with Crippen LogP contribution in [0, 0.1) is 0 Å². The summed E-state index contributed by atoms with van der Waals surface area (Å²) in [5.74, 6) is 1.05. The smallest absolute Gasteiger partial charge is 0.160 e. The monoisotopic (exact) mass is 349 g/mol. The lowest BCUT2D eigenvalue weighted by atomic mass is 10.1. The van der Waals surface area contributed by atoms with E-state index in [4.69, 9.17) is 22.2 Å². The lowest BCUT2D eigenvalue weighted by Gasteiger charge is -2.04. The van der Waals surface area contributed by atoms with Gasteiger partial charge in [-0.15, -0.1) is 11.3 Å². The Balaban J connectivity index is 1.51. The minimum Gasteiger partial charge on any atom is -0.388 e. The summed E-state index contributed by atoms with van der Waals surface area (Å²) < 4.78 is 0. The van der Waals surface area contributed by atoms with E-state index in [1.165, 1.54) is 30.7 Å². The topological polar surface area (TPSA) is 60.5 Å². The second kappa shape index (κ2) is 7.79. The summed E-state index contributed by atoms with van der Waals surface area (Å²) >= 11 is 7.83. The van der Waals surface area contributed by atoms with Crippen molar-refractivity contribution in [2.24, 2.45) is 10.9 Å². The molecule has 1 aliphatic carbocycles. The molecule has 0 saturated heterocycles. The lowest BCUT2D eigenvalue weighted by Crippen LogP contribution is -2.15. The fourth-order valence-electron chi connectivity index (χ4n) is 2.80. The van der Waals surface area contributed by atoms with Gasteiger partial charge in [0, 0.05) is 22.7 Å². The molecule has 122 valence electrons. The van der Waals surface area contributed by atoms with Crippen molar-refractivity contribution < 1.29 is 4.84 Å². The minimum atomic E-state index is 0.354. The molecule has 3 rings (SSSR count). The van der Waals surface area contributed by atoms with Crippen LogP contribution in [0.25, 0.3) is 0 Å². The number of benzene rings is 1. The van der Waals surface area contributed by atoms with E-state index >= 15 is 0 Å². The summed E-state index contributed by atoms with van der Waals surface area (Å²) in [5.41, 5.74) is 7.76. The molecule has 6 heteroatoms. The molecule has 0 amide bonds. The number of aromatic nitrogens is 1. The molecule has 1 heterocycles. The summed E-state index contributed by atoms with van der Waals surface area (Å²) in [4.78, 5) is 9.98. The lowest BCUT2D eigenvalue weighted by molar-refractivity contribution is 0.127. The Morgan fingerprint density at radius 1 is 1.35 bits per heavy atom. The van der Waals surface area contributed by atoms with Gasteiger partial charge in [-0.25, -0.2) is 4.98 Å². The van der Waals surface area contributed by atoms with Crippen LogP contribution in [-0.2, 0) is 17.9 Å². The van der Waals surface area contributed by atoms with Crippen LogP contribution in [0.2, 0.25) is 5.02 Å². The first-order chi connectivity index (χ1) is 11.2. The second-order valence-corrected chi connectivity index (χ2v) is 7.08. The van der Waals surface area contributed by atoms with Crippen LogP contribution in [0.1, 0.15) is 47.9 Å². The van der Waals surface area contributed by atoms with Gasteiger partial charge in [-0.1, -0.05) is 47.8 Å². The highest BCUT2D eigenvalue weighted by Gasteiger charge is 2.20. The number of thiazole rings is 1. The van der Waals surface area contributed by atoms with Crippen molar-refractivity contribution in [3.8, 4) is 0 Å². The molecule has 0 bridgehead atoms. The summed E-state index contributed by atoms with van der Waals surface area (Å²) in [6.45, 7) is 0.354. The third-order valence-corrected chi connectivity index (χ3v) is 5.42. The quantitative estimate of drug-likeness (QED) is 0.475. The molecule has 1 aromatic carbocycles. The number of nitrogens with zero attached hydrogens (tertiary/aromatic N) is 2. The fourth-order valence-corrected chi connectivity index (χ4v) is 3.98. The molecule has 2 N–H and O–H groups in total. The highest BCUT2D eigenvalue weighted by Crippen LogP contribution is 2.35. The predicted octanol–water partition coefficient (Wildman–Crippen LogP) is 4.49. The second-order valence-electron chi connectivity index (χ2n) is 5.78. The van der Waals surface area contributed by atoms with Crippen molar-refractivity contribution in [3.63, 3.8) is 0 Å². The van der Waals surface area contributed by atoms with Crippen LogP contribution < -0.4 is 5.73 Å². The van der Waals surface area contributed by atoms with Crippen molar-refractivity contribution in [1.29, 1.82) is 0 Å². The number of oxime groups is 1. The number of hydrogen-bond acceptors (Lipinski definition) is 4. The van der Waals surface area contributed by atoms with Crippen molar-refractivity contribution in [3.05, 3.63) is 50.9 Å². The van der Waals surface area contributed by atoms with Gasteiger partial charge in [0.25, 0.3) is 0 Å². The number of halogens is 1. The van der Waals surface area contributed by atoms with Gasteiger partial charge in [-0.2, -0.15) is 0 Å². The highest BCUT2D eigenvalue weighted by atomic mass is 35.5.